The molecule has 2 atom stereocenters. The molecule has 1 amide bonds. The summed E-state index contributed by atoms with van der Waals surface area (Å²) in [4.78, 5) is 17.5. The number of thiophene rings is 1. The smallest absolute Gasteiger partial charge is 0.226 e. The third kappa shape index (κ3) is 3.29. The van der Waals surface area contributed by atoms with Gasteiger partial charge in [-0.15, -0.1) is 16.4 Å². The Morgan fingerprint density at radius 3 is 2.79 bits per heavy atom. The molecule has 0 unspecified atom stereocenters. The number of nitrogens with one attached hydrogen (secondary N) is 1. The molecule has 0 radical (unpaired) electrons. The summed E-state index contributed by atoms with van der Waals surface area (Å²) >= 11 is 1.83. The van der Waals surface area contributed by atoms with E-state index in [1.807, 2.05) is 23.5 Å². The van der Waals surface area contributed by atoms with E-state index in [-0.39, 0.29) is 5.92 Å². The molecule has 4 rings (SSSR count). The Morgan fingerprint density at radius 2 is 2.12 bits per heavy atom. The minimum absolute atomic E-state index is 0.215. The van der Waals surface area contributed by atoms with Crippen molar-refractivity contribution in [1.29, 1.82) is 0 Å². The van der Waals surface area contributed by atoms with Crippen LogP contribution in [0.2, 0.25) is 0 Å². The molecule has 1 aliphatic carbocycles. The van der Waals surface area contributed by atoms with Crippen LogP contribution in [0, 0.1) is 12.8 Å². The molecule has 2 fully saturated rings. The third-order valence-electron chi connectivity index (χ3n) is 4.97. The number of aryl methyl sites for hydroxylation is 1. The van der Waals surface area contributed by atoms with Crippen LogP contribution in [0.5, 0.6) is 0 Å². The van der Waals surface area contributed by atoms with Crippen molar-refractivity contribution in [3.8, 4) is 0 Å². The van der Waals surface area contributed by atoms with E-state index in [9.17, 15) is 4.79 Å². The second-order valence-electron chi connectivity index (χ2n) is 6.75. The lowest BCUT2D eigenvalue weighted by atomic mass is 10.0. The van der Waals surface area contributed by atoms with E-state index in [1.54, 1.807) is 6.20 Å². The summed E-state index contributed by atoms with van der Waals surface area (Å²) in [6, 6.07) is 8.54. The average molecular weight is 342 g/mol. The van der Waals surface area contributed by atoms with Gasteiger partial charge in [0.15, 0.2) is 0 Å². The Kier molecular flexibility index (Phi) is 4.22. The van der Waals surface area contributed by atoms with Gasteiger partial charge in [0.05, 0.1) is 0 Å². The lowest BCUT2D eigenvalue weighted by Gasteiger charge is -2.32. The van der Waals surface area contributed by atoms with Crippen molar-refractivity contribution in [2.75, 3.05) is 18.4 Å². The van der Waals surface area contributed by atoms with Gasteiger partial charge in [0, 0.05) is 46.9 Å². The van der Waals surface area contributed by atoms with Crippen molar-refractivity contribution in [2.24, 2.45) is 5.92 Å². The van der Waals surface area contributed by atoms with Gasteiger partial charge in [0.25, 0.3) is 0 Å². The number of hydrogen-bond donors (Lipinski definition) is 1. The highest BCUT2D eigenvalue weighted by Crippen LogP contribution is 2.50. The first kappa shape index (κ1) is 15.6. The van der Waals surface area contributed by atoms with E-state index in [1.165, 1.54) is 9.75 Å². The van der Waals surface area contributed by atoms with E-state index >= 15 is 0 Å². The van der Waals surface area contributed by atoms with Gasteiger partial charge >= 0.3 is 0 Å². The van der Waals surface area contributed by atoms with Crippen LogP contribution >= 0.6 is 11.3 Å². The van der Waals surface area contributed by atoms with Crippen molar-refractivity contribution in [3.63, 3.8) is 0 Å². The summed E-state index contributed by atoms with van der Waals surface area (Å²) < 4.78 is 0. The van der Waals surface area contributed by atoms with Crippen LogP contribution in [0.25, 0.3) is 0 Å². The fourth-order valence-electron chi connectivity index (χ4n) is 3.50. The van der Waals surface area contributed by atoms with E-state index < -0.39 is 0 Å². The monoisotopic (exact) mass is 342 g/mol. The number of rotatable bonds is 4. The normalized spacial score (nSPS) is 24.0. The maximum absolute atomic E-state index is 12.7. The quantitative estimate of drug-likeness (QED) is 0.928. The summed E-state index contributed by atoms with van der Waals surface area (Å²) in [6.45, 7) is 3.80. The summed E-state index contributed by atoms with van der Waals surface area (Å²) in [5, 5.41) is 11.4. The third-order valence-corrected chi connectivity index (χ3v) is 6.10. The molecule has 1 aliphatic heterocycles. The van der Waals surface area contributed by atoms with Crippen LogP contribution < -0.4 is 5.32 Å². The number of likely N-dealkylation sites (tertiary alicyclic amines) is 1. The molecule has 3 heterocycles. The summed E-state index contributed by atoms with van der Waals surface area (Å²) in [5.41, 5.74) is 0. The molecule has 1 N–H and O–H groups in total. The molecular weight excluding hydrogens is 320 g/mol. The summed E-state index contributed by atoms with van der Waals surface area (Å²) in [6.07, 6.45) is 4.64. The number of amides is 1. The molecule has 0 bridgehead atoms. The van der Waals surface area contributed by atoms with Crippen molar-refractivity contribution >= 4 is 23.1 Å². The number of nitrogens with zero attached hydrogens (tertiary/aromatic N) is 3. The largest absolute Gasteiger partial charge is 0.366 e. The second kappa shape index (κ2) is 6.51. The van der Waals surface area contributed by atoms with Gasteiger partial charge in [0.1, 0.15) is 5.82 Å². The van der Waals surface area contributed by atoms with E-state index in [0.29, 0.717) is 17.9 Å². The topological polar surface area (TPSA) is 58.1 Å². The van der Waals surface area contributed by atoms with Crippen molar-refractivity contribution in [3.05, 3.63) is 40.2 Å². The van der Waals surface area contributed by atoms with Crippen LogP contribution in [-0.4, -0.2) is 40.1 Å². The maximum Gasteiger partial charge on any atom is 0.226 e. The van der Waals surface area contributed by atoms with Crippen LogP contribution in [-0.2, 0) is 4.79 Å². The first-order chi connectivity index (χ1) is 11.7. The predicted octanol–water partition coefficient (Wildman–Crippen LogP) is 3.05. The molecule has 6 heteroatoms. The molecule has 1 saturated carbocycles. The maximum atomic E-state index is 12.7. The molecule has 2 aliphatic rings. The highest BCUT2D eigenvalue weighted by atomic mass is 32.1. The molecule has 1 saturated heterocycles. The zero-order chi connectivity index (χ0) is 16.5. The Hall–Kier alpha value is -1.95. The van der Waals surface area contributed by atoms with Crippen LogP contribution in [0.4, 0.5) is 5.82 Å². The standard InChI is InChI=1S/C18H22N4OS/c1-12-4-5-16(24-12)14-11-15(14)18(23)22-9-6-13(7-10-22)20-17-3-2-8-19-21-17/h2-5,8,13-15H,6-7,9-11H2,1H3,(H,20,21)/t14-,15-/m0/s1. The Balaban J connectivity index is 1.28. The average Bonchev–Trinajstić information content (AvgIpc) is 3.30. The van der Waals surface area contributed by atoms with Gasteiger partial charge in [-0.1, -0.05) is 0 Å². The highest BCUT2D eigenvalue weighted by molar-refractivity contribution is 7.12. The summed E-state index contributed by atoms with van der Waals surface area (Å²) in [5.74, 6) is 1.85. The number of anilines is 1. The Labute approximate surface area is 146 Å². The number of carbonyl (C=O) groups excluding carboxylic acids is 1. The molecule has 0 aromatic carbocycles. The van der Waals surface area contributed by atoms with Gasteiger partial charge < -0.3 is 10.2 Å². The summed E-state index contributed by atoms with van der Waals surface area (Å²) in [7, 11) is 0. The van der Waals surface area contributed by atoms with Gasteiger partial charge in [-0.05, 0) is 50.5 Å². The van der Waals surface area contributed by atoms with Crippen LogP contribution in [0.3, 0.4) is 0 Å². The lowest BCUT2D eigenvalue weighted by molar-refractivity contribution is -0.133. The Bertz CT molecular complexity index is 709. The molecule has 2 aromatic rings. The van der Waals surface area contributed by atoms with Gasteiger partial charge in [-0.25, -0.2) is 0 Å². The zero-order valence-corrected chi connectivity index (χ0v) is 14.6. The first-order valence-corrected chi connectivity index (χ1v) is 9.42. The highest BCUT2D eigenvalue weighted by Gasteiger charge is 2.46. The van der Waals surface area contributed by atoms with Gasteiger partial charge in [0.2, 0.25) is 5.91 Å². The molecule has 24 heavy (non-hydrogen) atoms. The first-order valence-electron chi connectivity index (χ1n) is 8.60. The van der Waals surface area contributed by atoms with Gasteiger partial charge in [-0.3, -0.25) is 4.79 Å². The molecule has 2 aromatic heterocycles. The Morgan fingerprint density at radius 1 is 1.29 bits per heavy atom. The number of hydrogen-bond acceptors (Lipinski definition) is 5. The predicted molar refractivity (Wildman–Crippen MR) is 95.2 cm³/mol. The van der Waals surface area contributed by atoms with Crippen molar-refractivity contribution in [1.82, 2.24) is 15.1 Å². The van der Waals surface area contributed by atoms with Gasteiger partial charge in [-0.2, -0.15) is 5.10 Å². The molecule has 126 valence electrons. The fraction of sp³-hybridized carbons (Fsp3) is 0.500. The van der Waals surface area contributed by atoms with Crippen molar-refractivity contribution < 1.29 is 4.79 Å². The van der Waals surface area contributed by atoms with E-state index in [4.69, 9.17) is 0 Å². The second-order valence-corrected chi connectivity index (χ2v) is 8.07. The fourth-order valence-corrected chi connectivity index (χ4v) is 4.56. The molecule has 0 spiro atoms. The SMILES string of the molecule is Cc1ccc([C@H]2C[C@@H]2C(=O)N2CCC(Nc3cccnn3)CC2)s1. The number of piperidine rings is 1. The minimum atomic E-state index is 0.215. The van der Waals surface area contributed by atoms with E-state index in [0.717, 1.165) is 38.2 Å². The zero-order valence-electron chi connectivity index (χ0n) is 13.8. The molecular formula is C18H22N4OS. The van der Waals surface area contributed by atoms with Crippen LogP contribution in [0.1, 0.15) is 34.9 Å². The number of carbonyl (C=O) groups is 1. The number of aromatic nitrogens is 2. The minimum Gasteiger partial charge on any atom is -0.366 e. The lowest BCUT2D eigenvalue weighted by Crippen LogP contribution is -2.43. The van der Waals surface area contributed by atoms with E-state index in [2.05, 4.69) is 39.5 Å². The van der Waals surface area contributed by atoms with Crippen molar-refractivity contribution in [2.45, 2.75) is 38.1 Å². The molecule has 5 nitrogen and oxygen atoms in total. The van der Waals surface area contributed by atoms with Crippen LogP contribution in [0.15, 0.2) is 30.5 Å².